The van der Waals surface area contributed by atoms with Crippen LogP contribution in [0.5, 0.6) is 0 Å². The van der Waals surface area contributed by atoms with Gasteiger partial charge in [-0.15, -0.1) is 0 Å². The van der Waals surface area contributed by atoms with Gasteiger partial charge in [-0.2, -0.15) is 9.97 Å². The van der Waals surface area contributed by atoms with Gasteiger partial charge in [-0.25, -0.2) is 4.98 Å². The van der Waals surface area contributed by atoms with Crippen LogP contribution in [0.1, 0.15) is 27.4 Å². The van der Waals surface area contributed by atoms with E-state index in [1.165, 1.54) is 0 Å². The van der Waals surface area contributed by atoms with Crippen molar-refractivity contribution in [2.45, 2.75) is 0 Å². The van der Waals surface area contributed by atoms with Crippen molar-refractivity contribution in [1.29, 1.82) is 0 Å². The van der Waals surface area contributed by atoms with Crippen molar-refractivity contribution in [3.8, 4) is 51.0 Å². The summed E-state index contributed by atoms with van der Waals surface area (Å²) in [5, 5.41) is -1.06. The van der Waals surface area contributed by atoms with Gasteiger partial charge in [0.2, 0.25) is 5.95 Å². The van der Waals surface area contributed by atoms with Crippen molar-refractivity contribution in [2.75, 3.05) is 0 Å². The summed E-state index contributed by atoms with van der Waals surface area (Å²) in [5.74, 6) is -2.15. The van der Waals surface area contributed by atoms with Crippen molar-refractivity contribution in [3.63, 3.8) is 0 Å². The molecule has 0 aliphatic heterocycles. The highest BCUT2D eigenvalue weighted by Gasteiger charge is 2.22. The zero-order valence-corrected chi connectivity index (χ0v) is 28.9. The number of nitrogens with zero attached hydrogens (tertiary/aromatic N) is 4. The van der Waals surface area contributed by atoms with Crippen LogP contribution in [0.3, 0.4) is 0 Å². The number of furan rings is 2. The SMILES string of the molecule is [2H]c1c([2H])c([2H])c(-c2nc(-c3c([2H])c([2H])c4c(oc5c([2H])c([2H])c([2H])c(-c6ccccc6)c54)c3[2H])nc(-n3c4c([2H])c([2H])c([2H])c([2H])c4c4c5c(oc6c([2H])c([2H])c(-c7ccccc7)c([2H])c65)c([2H])c([2H])c43)n2)c([2H])c1[2H]. The summed E-state index contributed by atoms with van der Waals surface area (Å²) in [6, 6.07) is 3.26. The normalized spacial score (nSPS) is 16.8. The average Bonchev–Trinajstić information content (AvgIpc) is 4.13. The van der Waals surface area contributed by atoms with E-state index in [2.05, 4.69) is 15.0 Å². The fraction of sp³-hybridized carbons (Fsp3) is 0. The number of benzene rings is 8. The highest BCUT2D eigenvalue weighted by atomic mass is 16.3. The Bertz CT molecular complexity index is 4660. The second-order valence-corrected chi connectivity index (χ2v) is 12.8. The molecule has 4 aromatic heterocycles. The molecule has 0 atom stereocenters. The number of aromatic nitrogens is 4. The van der Waals surface area contributed by atoms with E-state index in [4.69, 9.17) is 25.3 Å². The largest absolute Gasteiger partial charge is 0.456 e. The van der Waals surface area contributed by atoms with Crippen LogP contribution in [-0.2, 0) is 0 Å². The van der Waals surface area contributed by atoms with E-state index in [0.29, 0.717) is 11.1 Å². The Morgan fingerprint density at radius 3 is 1.95 bits per heavy atom. The van der Waals surface area contributed by atoms with Gasteiger partial charge in [0.25, 0.3) is 0 Å². The predicted molar refractivity (Wildman–Crippen MR) is 230 cm³/mol. The van der Waals surface area contributed by atoms with Crippen LogP contribution in [-0.4, -0.2) is 19.5 Å². The Labute approximate surface area is 354 Å². The molecule has 6 nitrogen and oxygen atoms in total. The van der Waals surface area contributed by atoms with Gasteiger partial charge in [-0.05, 0) is 70.6 Å². The summed E-state index contributed by atoms with van der Waals surface area (Å²) >= 11 is 0. The van der Waals surface area contributed by atoms with Gasteiger partial charge in [-0.1, -0.05) is 133 Å². The van der Waals surface area contributed by atoms with Gasteiger partial charge in [0, 0.05) is 43.4 Å². The second-order valence-electron chi connectivity index (χ2n) is 12.8. The number of fused-ring (bicyclic) bond motifs is 10. The molecular weight excluding hydrogens is 701 g/mol. The van der Waals surface area contributed by atoms with Gasteiger partial charge in [0.1, 0.15) is 22.3 Å². The van der Waals surface area contributed by atoms with Crippen LogP contribution in [0.25, 0.3) is 117 Å². The maximum atomic E-state index is 9.69. The van der Waals surface area contributed by atoms with E-state index in [1.54, 1.807) is 60.7 Å². The smallest absolute Gasteiger partial charge is 0.238 e. The van der Waals surface area contributed by atoms with Crippen LogP contribution >= 0.6 is 0 Å². The molecule has 0 N–H and O–H groups in total. The molecule has 0 saturated carbocycles. The first-order valence-electron chi connectivity index (χ1n) is 27.4. The molecule has 57 heavy (non-hydrogen) atoms. The van der Waals surface area contributed by atoms with Crippen molar-refractivity contribution >= 4 is 65.7 Å². The third-order valence-corrected chi connectivity index (χ3v) is 9.57. The zero-order chi connectivity index (χ0) is 54.9. The minimum absolute atomic E-state index is 0.0122. The van der Waals surface area contributed by atoms with Gasteiger partial charge >= 0.3 is 0 Å². The van der Waals surface area contributed by atoms with E-state index >= 15 is 0 Å². The maximum absolute atomic E-state index is 9.69. The summed E-state index contributed by atoms with van der Waals surface area (Å²) < 4.78 is 195. The minimum atomic E-state index is -0.832. The Hall–Kier alpha value is -7.83. The first-order valence-corrected chi connectivity index (χ1v) is 17.4. The predicted octanol–water partition coefficient (Wildman–Crippen LogP) is 13.4. The number of hydrogen-bond donors (Lipinski definition) is 0. The molecule has 0 radical (unpaired) electrons. The molecule has 0 fully saturated rings. The average molecular weight is 751 g/mol. The highest BCUT2D eigenvalue weighted by molar-refractivity contribution is 6.27. The summed E-state index contributed by atoms with van der Waals surface area (Å²) in [5.41, 5.74) is -2.71. The fourth-order valence-electron chi connectivity index (χ4n) is 7.10. The van der Waals surface area contributed by atoms with Crippen LogP contribution in [0.4, 0.5) is 0 Å². The molecule has 12 aromatic rings. The Balaban J connectivity index is 1.28. The molecule has 0 aliphatic rings. The highest BCUT2D eigenvalue weighted by Crippen LogP contribution is 2.43. The van der Waals surface area contributed by atoms with E-state index in [9.17, 15) is 11.0 Å². The third kappa shape index (κ3) is 4.94. The summed E-state index contributed by atoms with van der Waals surface area (Å²) in [6.07, 6.45) is 0. The van der Waals surface area contributed by atoms with Crippen LogP contribution in [0.15, 0.2) is 190 Å². The Morgan fingerprint density at radius 1 is 0.404 bits per heavy atom. The first kappa shape index (κ1) is 17.8. The van der Waals surface area contributed by atoms with E-state index in [0.717, 1.165) is 4.57 Å². The van der Waals surface area contributed by atoms with Crippen molar-refractivity contribution in [3.05, 3.63) is 182 Å². The van der Waals surface area contributed by atoms with Gasteiger partial charge in [0.05, 0.1) is 38.4 Å². The lowest BCUT2D eigenvalue weighted by atomic mass is 9.99. The number of rotatable bonds is 5. The number of para-hydroxylation sites is 1. The third-order valence-electron chi connectivity index (χ3n) is 9.57. The van der Waals surface area contributed by atoms with E-state index in [1.807, 2.05) is 0 Å². The monoisotopic (exact) mass is 750 g/mol. The van der Waals surface area contributed by atoms with Gasteiger partial charge in [-0.3, -0.25) is 4.57 Å². The first-order chi connectivity index (χ1) is 36.6. The van der Waals surface area contributed by atoms with Crippen molar-refractivity contribution < 1.29 is 36.2 Å². The minimum Gasteiger partial charge on any atom is -0.456 e. The summed E-state index contributed by atoms with van der Waals surface area (Å²) in [4.78, 5) is 13.7. The van der Waals surface area contributed by atoms with E-state index in [-0.39, 0.29) is 66.2 Å². The van der Waals surface area contributed by atoms with Crippen molar-refractivity contribution in [2.24, 2.45) is 0 Å². The lowest BCUT2D eigenvalue weighted by Crippen LogP contribution is -2.06. The number of hydrogen-bond acceptors (Lipinski definition) is 5. The molecule has 0 amide bonds. The lowest BCUT2D eigenvalue weighted by molar-refractivity contribution is 0.669. The maximum Gasteiger partial charge on any atom is 0.238 e. The van der Waals surface area contributed by atoms with Gasteiger partial charge in [0.15, 0.2) is 11.6 Å². The standard InChI is InChI=1S/C51H30N4O2/c1-4-13-31(14-5-1)34-24-27-42-39(29-34)48-44(56-42)28-26-41-47(48)37-19-10-11-21-40(37)55(41)51-53-49(33-17-8-3-9-18-33)52-50(54-51)35-23-25-38-45(30-35)57-43-22-12-20-36(46(38)43)32-15-6-2-7-16-32/h1-30H/i3D,8D,9D,10D,11D,12D,17D,18D,19D,20D,21D,22D,23D,24D,25D,26D,27D,28D,29D,30D. The molecule has 4 heterocycles. The fourth-order valence-corrected chi connectivity index (χ4v) is 7.10. The molecular formula is C51H30N4O2. The molecule has 0 unspecified atom stereocenters. The van der Waals surface area contributed by atoms with Crippen LogP contribution in [0.2, 0.25) is 0 Å². The Kier molecular flexibility index (Phi) is 3.85. The summed E-state index contributed by atoms with van der Waals surface area (Å²) in [6.45, 7) is 0. The molecule has 266 valence electrons. The van der Waals surface area contributed by atoms with Crippen molar-refractivity contribution in [1.82, 2.24) is 19.5 Å². The molecule has 6 heteroatoms. The lowest BCUT2D eigenvalue weighted by Gasteiger charge is -2.11. The molecule has 0 spiro atoms. The zero-order valence-electron chi connectivity index (χ0n) is 48.9. The molecule has 0 bridgehead atoms. The second kappa shape index (κ2) is 12.3. The molecule has 0 saturated heterocycles. The van der Waals surface area contributed by atoms with E-state index < -0.39 is 160 Å². The van der Waals surface area contributed by atoms with Crippen LogP contribution < -0.4 is 0 Å². The molecule has 12 rings (SSSR count). The molecule has 8 aromatic carbocycles. The quantitative estimate of drug-likeness (QED) is 0.175. The van der Waals surface area contributed by atoms with Crippen LogP contribution in [0, 0.1) is 0 Å². The van der Waals surface area contributed by atoms with Gasteiger partial charge < -0.3 is 8.83 Å². The topological polar surface area (TPSA) is 69.9 Å². The molecule has 0 aliphatic carbocycles. The summed E-state index contributed by atoms with van der Waals surface area (Å²) in [7, 11) is 0. The Morgan fingerprint density at radius 2 is 1.11 bits per heavy atom.